The second-order valence-corrected chi connectivity index (χ2v) is 9.70. The van der Waals surface area contributed by atoms with Gasteiger partial charge in [-0.05, 0) is 67.3 Å². The number of ketones is 1. The Bertz CT molecular complexity index is 1420. The second kappa shape index (κ2) is 7.39. The molecule has 0 aliphatic carbocycles. The van der Waals surface area contributed by atoms with Crippen LogP contribution in [0.3, 0.4) is 0 Å². The molecule has 0 bridgehead atoms. The predicted octanol–water partition coefficient (Wildman–Crippen LogP) is 4.62. The summed E-state index contributed by atoms with van der Waals surface area (Å²) in [7, 11) is -3.78. The molecule has 0 fully saturated rings. The summed E-state index contributed by atoms with van der Waals surface area (Å²) in [4.78, 5) is 13.5. The van der Waals surface area contributed by atoms with Gasteiger partial charge in [-0.1, -0.05) is 36.4 Å². The van der Waals surface area contributed by atoms with Gasteiger partial charge >= 0.3 is 0 Å². The summed E-state index contributed by atoms with van der Waals surface area (Å²) in [6.07, 6.45) is 3.48. The number of sulfonamides is 1. The van der Waals surface area contributed by atoms with Crippen molar-refractivity contribution >= 4 is 27.0 Å². The molecule has 0 amide bonds. The number of carbonyl (C=O) groups excluding carboxylic acids is 1. The van der Waals surface area contributed by atoms with E-state index in [0.29, 0.717) is 17.8 Å². The van der Waals surface area contributed by atoms with E-state index in [1.165, 1.54) is 10.4 Å². The number of benzene rings is 2. The Morgan fingerprint density at radius 3 is 2.61 bits per heavy atom. The molecule has 5 rings (SSSR count). The molecule has 4 aromatic rings. The topological polar surface area (TPSA) is 58.9 Å². The Hall–Kier alpha value is -3.38. The normalized spacial score (nSPS) is 13.9. The van der Waals surface area contributed by atoms with Crippen molar-refractivity contribution in [2.75, 3.05) is 10.8 Å². The Kier molecular flexibility index (Phi) is 4.67. The fourth-order valence-electron chi connectivity index (χ4n) is 4.36. The van der Waals surface area contributed by atoms with Crippen molar-refractivity contribution < 1.29 is 13.2 Å². The number of rotatable bonds is 4. The van der Waals surface area contributed by atoms with Crippen molar-refractivity contribution in [2.45, 2.75) is 24.7 Å². The minimum atomic E-state index is -3.78. The first-order valence-corrected chi connectivity index (χ1v) is 11.7. The molecule has 0 spiro atoms. The molecule has 3 heterocycles. The molecule has 0 unspecified atom stereocenters. The van der Waals surface area contributed by atoms with Crippen LogP contribution in [0.15, 0.2) is 83.9 Å². The Labute approximate surface area is 181 Å². The zero-order valence-corrected chi connectivity index (χ0v) is 18.0. The van der Waals surface area contributed by atoms with E-state index >= 15 is 0 Å². The lowest BCUT2D eigenvalue weighted by Gasteiger charge is -2.30. The van der Waals surface area contributed by atoms with Gasteiger partial charge in [0.15, 0.2) is 0 Å². The van der Waals surface area contributed by atoms with Crippen LogP contribution in [0.5, 0.6) is 0 Å². The van der Waals surface area contributed by atoms with E-state index in [2.05, 4.69) is 0 Å². The standard InChI is InChI=1S/C25H22N2O3S/c1-18-16-21-11-4-5-14-26(21)24(18)25(28)20-9-6-12-22(17-20)31(29,30)27-15-7-10-19-8-2-3-13-23(19)27/h2-6,8-9,11-14,16-17H,7,10,15H2,1H3. The minimum Gasteiger partial charge on any atom is -0.313 e. The SMILES string of the molecule is Cc1cc2ccccn2c1C(=O)c1cccc(S(=O)(=O)N2CCCc3ccccc32)c1. The number of aryl methyl sites for hydroxylation is 2. The molecular formula is C25H22N2O3S. The van der Waals surface area contributed by atoms with Crippen molar-refractivity contribution in [3.8, 4) is 0 Å². The Morgan fingerprint density at radius 2 is 1.74 bits per heavy atom. The van der Waals surface area contributed by atoms with Gasteiger partial charge < -0.3 is 4.40 Å². The van der Waals surface area contributed by atoms with Crippen molar-refractivity contribution in [2.24, 2.45) is 0 Å². The first kappa shape index (κ1) is 19.6. The van der Waals surface area contributed by atoms with Crippen LogP contribution in [0, 0.1) is 6.92 Å². The third-order valence-electron chi connectivity index (χ3n) is 5.84. The first-order valence-electron chi connectivity index (χ1n) is 10.3. The van der Waals surface area contributed by atoms with E-state index in [-0.39, 0.29) is 10.7 Å². The van der Waals surface area contributed by atoms with E-state index in [1.807, 2.05) is 66.1 Å². The fraction of sp³-hybridized carbons (Fsp3) is 0.160. The van der Waals surface area contributed by atoms with Gasteiger partial charge in [0.2, 0.25) is 5.78 Å². The summed E-state index contributed by atoms with van der Waals surface area (Å²) in [5, 5.41) is 0. The largest absolute Gasteiger partial charge is 0.313 e. The van der Waals surface area contributed by atoms with Gasteiger partial charge in [0.05, 0.1) is 16.3 Å². The first-order chi connectivity index (χ1) is 15.0. The molecule has 2 aromatic heterocycles. The molecular weight excluding hydrogens is 408 g/mol. The van der Waals surface area contributed by atoms with Gasteiger partial charge in [-0.3, -0.25) is 9.10 Å². The maximum atomic E-state index is 13.5. The number of nitrogens with zero attached hydrogens (tertiary/aromatic N) is 2. The minimum absolute atomic E-state index is 0.133. The van der Waals surface area contributed by atoms with Crippen molar-refractivity contribution in [3.63, 3.8) is 0 Å². The zero-order valence-electron chi connectivity index (χ0n) is 17.2. The van der Waals surface area contributed by atoms with Gasteiger partial charge in [-0.15, -0.1) is 0 Å². The second-order valence-electron chi connectivity index (χ2n) is 7.84. The number of aromatic nitrogens is 1. The highest BCUT2D eigenvalue weighted by Crippen LogP contribution is 2.32. The molecule has 0 saturated heterocycles. The predicted molar refractivity (Wildman–Crippen MR) is 121 cm³/mol. The lowest BCUT2D eigenvalue weighted by molar-refractivity contribution is 0.103. The van der Waals surface area contributed by atoms with Crippen LogP contribution in [0.4, 0.5) is 5.69 Å². The summed E-state index contributed by atoms with van der Waals surface area (Å²) in [6.45, 7) is 2.32. The van der Waals surface area contributed by atoms with Gasteiger partial charge in [-0.25, -0.2) is 8.42 Å². The monoisotopic (exact) mass is 430 g/mol. The number of hydrogen-bond acceptors (Lipinski definition) is 3. The average molecular weight is 431 g/mol. The molecule has 6 heteroatoms. The number of anilines is 1. The number of hydrogen-bond donors (Lipinski definition) is 0. The smallest absolute Gasteiger partial charge is 0.264 e. The van der Waals surface area contributed by atoms with Crippen LogP contribution in [0.25, 0.3) is 5.52 Å². The summed E-state index contributed by atoms with van der Waals surface area (Å²) < 4.78 is 30.3. The van der Waals surface area contributed by atoms with Crippen LogP contribution in [-0.2, 0) is 16.4 Å². The zero-order chi connectivity index (χ0) is 21.6. The third-order valence-corrected chi connectivity index (χ3v) is 7.65. The summed E-state index contributed by atoms with van der Waals surface area (Å²) in [5.41, 5.74) is 4.44. The van der Waals surface area contributed by atoms with Crippen LogP contribution >= 0.6 is 0 Å². The third kappa shape index (κ3) is 3.24. The maximum absolute atomic E-state index is 13.5. The number of para-hydroxylation sites is 1. The van der Waals surface area contributed by atoms with E-state index in [1.54, 1.807) is 18.2 Å². The molecule has 0 atom stereocenters. The van der Waals surface area contributed by atoms with Gasteiger partial charge in [-0.2, -0.15) is 0 Å². The number of pyridine rings is 1. The van der Waals surface area contributed by atoms with Crippen LogP contribution < -0.4 is 4.31 Å². The van der Waals surface area contributed by atoms with Crippen LogP contribution in [0.2, 0.25) is 0 Å². The fourth-order valence-corrected chi connectivity index (χ4v) is 5.94. The van der Waals surface area contributed by atoms with E-state index in [9.17, 15) is 13.2 Å². The summed E-state index contributed by atoms with van der Waals surface area (Å²) >= 11 is 0. The quantitative estimate of drug-likeness (QED) is 0.444. The highest BCUT2D eigenvalue weighted by molar-refractivity contribution is 7.92. The maximum Gasteiger partial charge on any atom is 0.264 e. The highest BCUT2D eigenvalue weighted by Gasteiger charge is 2.29. The van der Waals surface area contributed by atoms with E-state index in [4.69, 9.17) is 0 Å². The molecule has 5 nitrogen and oxygen atoms in total. The van der Waals surface area contributed by atoms with Crippen molar-refractivity contribution in [3.05, 3.63) is 101 Å². The van der Waals surface area contributed by atoms with Crippen molar-refractivity contribution in [1.29, 1.82) is 0 Å². The molecule has 1 aliphatic rings. The molecule has 156 valence electrons. The van der Waals surface area contributed by atoms with E-state index in [0.717, 1.165) is 35.2 Å². The molecule has 2 aromatic carbocycles. The molecule has 0 radical (unpaired) electrons. The lowest BCUT2D eigenvalue weighted by atomic mass is 10.0. The molecule has 1 aliphatic heterocycles. The summed E-state index contributed by atoms with van der Waals surface area (Å²) in [5.74, 6) is -0.195. The number of fused-ring (bicyclic) bond motifs is 2. The van der Waals surface area contributed by atoms with Gasteiger partial charge in [0, 0.05) is 23.8 Å². The molecule has 0 N–H and O–H groups in total. The Balaban J connectivity index is 1.57. The van der Waals surface area contributed by atoms with Gasteiger partial charge in [0.25, 0.3) is 10.0 Å². The Morgan fingerprint density at radius 1 is 0.935 bits per heavy atom. The number of carbonyl (C=O) groups is 1. The van der Waals surface area contributed by atoms with E-state index < -0.39 is 10.0 Å². The van der Waals surface area contributed by atoms with Gasteiger partial charge in [0.1, 0.15) is 0 Å². The molecule has 31 heavy (non-hydrogen) atoms. The lowest BCUT2D eigenvalue weighted by Crippen LogP contribution is -2.35. The van der Waals surface area contributed by atoms with Crippen molar-refractivity contribution in [1.82, 2.24) is 4.40 Å². The average Bonchev–Trinajstić information content (AvgIpc) is 3.14. The summed E-state index contributed by atoms with van der Waals surface area (Å²) in [6, 6.07) is 21.7. The van der Waals surface area contributed by atoms with Crippen LogP contribution in [-0.4, -0.2) is 25.1 Å². The van der Waals surface area contributed by atoms with Crippen LogP contribution in [0.1, 0.15) is 33.6 Å². The molecule has 0 saturated carbocycles. The highest BCUT2D eigenvalue weighted by atomic mass is 32.2.